The van der Waals surface area contributed by atoms with E-state index >= 15 is 0 Å². The summed E-state index contributed by atoms with van der Waals surface area (Å²) >= 11 is 0. The van der Waals surface area contributed by atoms with Crippen LogP contribution < -0.4 is 4.90 Å². The van der Waals surface area contributed by atoms with E-state index in [2.05, 4.69) is 47.9 Å². The van der Waals surface area contributed by atoms with Crippen molar-refractivity contribution in [2.75, 3.05) is 44.7 Å². The lowest BCUT2D eigenvalue weighted by Crippen LogP contribution is -2.51. The van der Waals surface area contributed by atoms with Crippen LogP contribution >= 0.6 is 0 Å². The highest BCUT2D eigenvalue weighted by Gasteiger charge is 2.22. The molecule has 5 heteroatoms. The molecule has 3 rings (SSSR count). The zero-order valence-corrected chi connectivity index (χ0v) is 17.1. The molecule has 1 fully saturated rings. The molecule has 28 heavy (non-hydrogen) atoms. The van der Waals surface area contributed by atoms with Crippen molar-refractivity contribution in [3.63, 3.8) is 0 Å². The van der Waals surface area contributed by atoms with Gasteiger partial charge in [-0.15, -0.1) is 0 Å². The predicted molar refractivity (Wildman–Crippen MR) is 114 cm³/mol. The summed E-state index contributed by atoms with van der Waals surface area (Å²) in [4.78, 5) is 19.0. The van der Waals surface area contributed by atoms with E-state index in [0.717, 1.165) is 38.4 Å². The Morgan fingerprint density at radius 3 is 2.18 bits per heavy atom. The van der Waals surface area contributed by atoms with Gasteiger partial charge in [-0.2, -0.15) is 0 Å². The summed E-state index contributed by atoms with van der Waals surface area (Å²) in [5, 5.41) is 9.42. The van der Waals surface area contributed by atoms with Gasteiger partial charge >= 0.3 is 0 Å². The zero-order chi connectivity index (χ0) is 20.1. The second-order valence-corrected chi connectivity index (χ2v) is 7.95. The van der Waals surface area contributed by atoms with E-state index in [1.165, 1.54) is 11.1 Å². The summed E-state index contributed by atoms with van der Waals surface area (Å²) in [6, 6.07) is 15.9. The summed E-state index contributed by atoms with van der Waals surface area (Å²) in [6.07, 6.45) is 0. The number of hydrogen-bond donors (Lipinski definition) is 1. The summed E-state index contributed by atoms with van der Waals surface area (Å²) in [7, 11) is 2.00. The lowest BCUT2D eigenvalue weighted by atomic mass is 10.0. The van der Waals surface area contributed by atoms with Crippen LogP contribution in [0.25, 0.3) is 0 Å². The van der Waals surface area contributed by atoms with Gasteiger partial charge in [-0.05, 0) is 48.4 Å². The van der Waals surface area contributed by atoms with E-state index in [-0.39, 0.29) is 11.7 Å². The Kier molecular flexibility index (Phi) is 6.57. The highest BCUT2D eigenvalue weighted by atomic mass is 16.3. The molecule has 0 spiro atoms. The topological polar surface area (TPSA) is 47.0 Å². The number of phenolic OH excluding ortho intramolecular Hbond substituents is 1. The molecule has 0 saturated carbocycles. The molecule has 2 aromatic carbocycles. The number of likely N-dealkylation sites (N-methyl/N-ethyl adjacent to an activating group) is 1. The SMILES string of the molecule is CC(C)c1ccc(CN(C)CC(=O)N2CCN(c3ccc(O)cc3)CC2)cc1. The lowest BCUT2D eigenvalue weighted by molar-refractivity contribution is -0.132. The Balaban J connectivity index is 1.46. The Labute approximate surface area is 168 Å². The monoisotopic (exact) mass is 381 g/mol. The molecule has 5 nitrogen and oxygen atoms in total. The van der Waals surface area contributed by atoms with Crippen LogP contribution in [0.15, 0.2) is 48.5 Å². The maximum atomic E-state index is 12.7. The molecule has 0 radical (unpaired) electrons. The fourth-order valence-electron chi connectivity index (χ4n) is 3.58. The normalized spacial score (nSPS) is 14.8. The third-order valence-corrected chi connectivity index (χ3v) is 5.35. The number of phenols is 1. The first-order valence-electron chi connectivity index (χ1n) is 10.0. The highest BCUT2D eigenvalue weighted by molar-refractivity contribution is 5.78. The van der Waals surface area contributed by atoms with Crippen molar-refractivity contribution >= 4 is 11.6 Å². The standard InChI is InChI=1S/C23H31N3O2/c1-18(2)20-6-4-19(5-7-20)16-24(3)17-23(28)26-14-12-25(13-15-26)21-8-10-22(27)11-9-21/h4-11,18,27H,12-17H2,1-3H3. The van der Waals surface area contributed by atoms with Gasteiger partial charge in [-0.1, -0.05) is 38.1 Å². The molecule has 0 bridgehead atoms. The molecular weight excluding hydrogens is 350 g/mol. The van der Waals surface area contributed by atoms with Crippen molar-refractivity contribution in [3.8, 4) is 5.75 Å². The van der Waals surface area contributed by atoms with Gasteiger partial charge in [0.15, 0.2) is 0 Å². The third kappa shape index (κ3) is 5.26. The molecule has 0 unspecified atom stereocenters. The molecule has 1 N–H and O–H groups in total. The molecule has 2 aromatic rings. The second-order valence-electron chi connectivity index (χ2n) is 7.95. The summed E-state index contributed by atoms with van der Waals surface area (Å²) < 4.78 is 0. The molecule has 0 atom stereocenters. The average Bonchev–Trinajstić information content (AvgIpc) is 2.69. The van der Waals surface area contributed by atoms with Crippen molar-refractivity contribution in [1.82, 2.24) is 9.80 Å². The Hall–Kier alpha value is -2.53. The Morgan fingerprint density at radius 2 is 1.61 bits per heavy atom. The number of carbonyl (C=O) groups is 1. The van der Waals surface area contributed by atoms with Crippen molar-refractivity contribution in [2.24, 2.45) is 0 Å². The van der Waals surface area contributed by atoms with Crippen molar-refractivity contribution in [1.29, 1.82) is 0 Å². The van der Waals surface area contributed by atoms with E-state index < -0.39 is 0 Å². The lowest BCUT2D eigenvalue weighted by Gasteiger charge is -2.36. The number of rotatable bonds is 6. The fraction of sp³-hybridized carbons (Fsp3) is 0.435. The van der Waals surface area contributed by atoms with Crippen molar-refractivity contribution < 1.29 is 9.90 Å². The molecule has 150 valence electrons. The number of aromatic hydroxyl groups is 1. The molecule has 1 aliphatic heterocycles. The number of nitrogens with zero attached hydrogens (tertiary/aromatic N) is 3. The van der Waals surface area contributed by atoms with E-state index in [1.54, 1.807) is 12.1 Å². The minimum absolute atomic E-state index is 0.187. The third-order valence-electron chi connectivity index (χ3n) is 5.35. The Morgan fingerprint density at radius 1 is 1.00 bits per heavy atom. The van der Waals surface area contributed by atoms with Crippen molar-refractivity contribution in [3.05, 3.63) is 59.7 Å². The second kappa shape index (κ2) is 9.11. The first-order chi connectivity index (χ1) is 13.4. The summed E-state index contributed by atoms with van der Waals surface area (Å²) in [5.41, 5.74) is 3.66. The number of piperazine rings is 1. The molecule has 1 aliphatic rings. The number of carbonyl (C=O) groups excluding carboxylic acids is 1. The molecule has 1 saturated heterocycles. The van der Waals surface area contributed by atoms with Crippen LogP contribution in [0.5, 0.6) is 5.75 Å². The Bertz CT molecular complexity index is 763. The number of hydrogen-bond acceptors (Lipinski definition) is 4. The molecule has 0 aromatic heterocycles. The van der Waals surface area contributed by atoms with Gasteiger partial charge in [0.1, 0.15) is 5.75 Å². The van der Waals surface area contributed by atoms with Gasteiger partial charge in [0.05, 0.1) is 6.54 Å². The van der Waals surface area contributed by atoms with Gasteiger partial charge in [0, 0.05) is 38.4 Å². The fourth-order valence-corrected chi connectivity index (χ4v) is 3.58. The zero-order valence-electron chi connectivity index (χ0n) is 17.1. The van der Waals surface area contributed by atoms with Gasteiger partial charge < -0.3 is 14.9 Å². The maximum absolute atomic E-state index is 12.7. The van der Waals surface area contributed by atoms with Gasteiger partial charge in [-0.3, -0.25) is 9.69 Å². The van der Waals surface area contributed by atoms with Crippen LogP contribution in [-0.4, -0.2) is 60.6 Å². The van der Waals surface area contributed by atoms with Gasteiger partial charge in [-0.25, -0.2) is 0 Å². The van der Waals surface area contributed by atoms with Crippen molar-refractivity contribution in [2.45, 2.75) is 26.3 Å². The molecule has 0 aliphatic carbocycles. The first-order valence-corrected chi connectivity index (χ1v) is 10.0. The quantitative estimate of drug-likeness (QED) is 0.834. The predicted octanol–water partition coefficient (Wildman–Crippen LogP) is 3.30. The highest BCUT2D eigenvalue weighted by Crippen LogP contribution is 2.20. The molecular formula is C23H31N3O2. The van der Waals surface area contributed by atoms with E-state index in [9.17, 15) is 9.90 Å². The van der Waals surface area contributed by atoms with E-state index in [1.807, 2.05) is 24.1 Å². The van der Waals surface area contributed by atoms with E-state index in [4.69, 9.17) is 0 Å². The first kappa shape index (κ1) is 20.2. The number of benzene rings is 2. The van der Waals surface area contributed by atoms with Crippen LogP contribution in [0.3, 0.4) is 0 Å². The average molecular weight is 382 g/mol. The van der Waals surface area contributed by atoms with Crippen LogP contribution in [-0.2, 0) is 11.3 Å². The van der Waals surface area contributed by atoms with Crippen LogP contribution in [0.4, 0.5) is 5.69 Å². The minimum atomic E-state index is 0.187. The molecule has 1 heterocycles. The van der Waals surface area contributed by atoms with Crippen LogP contribution in [0, 0.1) is 0 Å². The van der Waals surface area contributed by atoms with Crippen LogP contribution in [0.1, 0.15) is 30.9 Å². The van der Waals surface area contributed by atoms with Gasteiger partial charge in [0.2, 0.25) is 5.91 Å². The largest absolute Gasteiger partial charge is 0.508 e. The minimum Gasteiger partial charge on any atom is -0.508 e. The smallest absolute Gasteiger partial charge is 0.236 e. The van der Waals surface area contributed by atoms with Gasteiger partial charge in [0.25, 0.3) is 0 Å². The number of amides is 1. The summed E-state index contributed by atoms with van der Waals surface area (Å²) in [5.74, 6) is 1.000. The number of anilines is 1. The maximum Gasteiger partial charge on any atom is 0.236 e. The summed E-state index contributed by atoms with van der Waals surface area (Å²) in [6.45, 7) is 8.70. The van der Waals surface area contributed by atoms with Crippen LogP contribution in [0.2, 0.25) is 0 Å². The molecule has 1 amide bonds. The van der Waals surface area contributed by atoms with E-state index in [0.29, 0.717) is 12.5 Å².